The highest BCUT2D eigenvalue weighted by Gasteiger charge is 2.11. The number of rotatable bonds is 5. The lowest BCUT2D eigenvalue weighted by molar-refractivity contribution is 0.0697. The molecule has 0 saturated heterocycles. The predicted octanol–water partition coefficient (Wildman–Crippen LogP) is 2.25. The summed E-state index contributed by atoms with van der Waals surface area (Å²) >= 11 is 0. The lowest BCUT2D eigenvalue weighted by Crippen LogP contribution is -2.02. The maximum atomic E-state index is 11.0. The fraction of sp³-hybridized carbons (Fsp3) is 0.357. The van der Waals surface area contributed by atoms with Crippen molar-refractivity contribution >= 4 is 16.9 Å². The Balaban J connectivity index is 2.59. The van der Waals surface area contributed by atoms with Crippen LogP contribution >= 0.6 is 0 Å². The van der Waals surface area contributed by atoms with Crippen LogP contribution in [-0.4, -0.2) is 22.2 Å². The molecule has 1 aromatic carbocycles. The van der Waals surface area contributed by atoms with Gasteiger partial charge in [-0.05, 0) is 43.1 Å². The average Bonchev–Trinajstić information content (AvgIpc) is 2.68. The Morgan fingerprint density at radius 3 is 2.83 bits per heavy atom. The molecular formula is C14H18N2O2. The van der Waals surface area contributed by atoms with E-state index in [-0.39, 0.29) is 0 Å². The third kappa shape index (κ3) is 2.24. The van der Waals surface area contributed by atoms with Crippen LogP contribution in [0.2, 0.25) is 0 Å². The number of nitrogens with zero attached hydrogens (tertiary/aromatic N) is 1. The summed E-state index contributed by atoms with van der Waals surface area (Å²) in [5.41, 5.74) is 8.15. The van der Waals surface area contributed by atoms with Crippen molar-refractivity contribution in [3.63, 3.8) is 0 Å². The van der Waals surface area contributed by atoms with Crippen molar-refractivity contribution < 1.29 is 9.90 Å². The van der Waals surface area contributed by atoms with Gasteiger partial charge in [0.2, 0.25) is 0 Å². The Morgan fingerprint density at radius 1 is 1.44 bits per heavy atom. The van der Waals surface area contributed by atoms with Crippen LogP contribution in [0.4, 0.5) is 0 Å². The Labute approximate surface area is 106 Å². The molecule has 0 atom stereocenters. The molecule has 96 valence electrons. The second kappa shape index (κ2) is 5.23. The molecule has 18 heavy (non-hydrogen) atoms. The summed E-state index contributed by atoms with van der Waals surface area (Å²) in [6.07, 6.45) is 3.91. The van der Waals surface area contributed by atoms with Crippen LogP contribution in [0.15, 0.2) is 24.4 Å². The lowest BCUT2D eigenvalue weighted by Gasteiger charge is -2.02. The Bertz CT molecular complexity index is 572. The van der Waals surface area contributed by atoms with Crippen molar-refractivity contribution in [2.45, 2.75) is 26.3 Å². The van der Waals surface area contributed by atoms with E-state index in [1.165, 1.54) is 0 Å². The van der Waals surface area contributed by atoms with Crippen molar-refractivity contribution in [1.29, 1.82) is 0 Å². The predicted molar refractivity (Wildman–Crippen MR) is 71.9 cm³/mol. The number of fused-ring (bicyclic) bond motifs is 1. The quantitative estimate of drug-likeness (QED) is 0.850. The number of aryl methyl sites for hydroxylation is 1. The smallest absolute Gasteiger partial charge is 0.335 e. The molecule has 4 heteroatoms. The van der Waals surface area contributed by atoms with Gasteiger partial charge in [0, 0.05) is 23.6 Å². The van der Waals surface area contributed by atoms with Gasteiger partial charge in [-0.25, -0.2) is 4.79 Å². The number of carboxylic acids is 1. The van der Waals surface area contributed by atoms with Gasteiger partial charge in [-0.1, -0.05) is 6.92 Å². The Morgan fingerprint density at radius 2 is 2.22 bits per heavy atom. The largest absolute Gasteiger partial charge is 0.478 e. The zero-order valence-electron chi connectivity index (χ0n) is 10.5. The fourth-order valence-corrected chi connectivity index (χ4v) is 2.28. The lowest BCUT2D eigenvalue weighted by atomic mass is 10.1. The zero-order chi connectivity index (χ0) is 13.1. The zero-order valence-corrected chi connectivity index (χ0v) is 10.5. The third-order valence-corrected chi connectivity index (χ3v) is 3.09. The van der Waals surface area contributed by atoms with Gasteiger partial charge >= 0.3 is 5.97 Å². The molecular weight excluding hydrogens is 228 g/mol. The molecule has 0 unspecified atom stereocenters. The highest BCUT2D eigenvalue weighted by atomic mass is 16.4. The summed E-state index contributed by atoms with van der Waals surface area (Å²) in [4.78, 5) is 11.0. The van der Waals surface area contributed by atoms with E-state index in [4.69, 9.17) is 10.8 Å². The van der Waals surface area contributed by atoms with Gasteiger partial charge in [-0.15, -0.1) is 0 Å². The van der Waals surface area contributed by atoms with Gasteiger partial charge in [-0.3, -0.25) is 0 Å². The van der Waals surface area contributed by atoms with Crippen LogP contribution in [0.25, 0.3) is 10.9 Å². The first-order chi connectivity index (χ1) is 8.67. The van der Waals surface area contributed by atoms with E-state index in [2.05, 4.69) is 17.7 Å². The number of hydrogen-bond acceptors (Lipinski definition) is 2. The Hall–Kier alpha value is -1.81. The van der Waals surface area contributed by atoms with Crippen LogP contribution < -0.4 is 5.73 Å². The minimum atomic E-state index is -0.890. The van der Waals surface area contributed by atoms with Crippen molar-refractivity contribution in [3.05, 3.63) is 35.5 Å². The average molecular weight is 246 g/mol. The van der Waals surface area contributed by atoms with E-state index < -0.39 is 5.97 Å². The topological polar surface area (TPSA) is 68.2 Å². The molecule has 2 rings (SSSR count). The van der Waals surface area contributed by atoms with E-state index >= 15 is 0 Å². The highest BCUT2D eigenvalue weighted by molar-refractivity contribution is 5.95. The summed E-state index contributed by atoms with van der Waals surface area (Å²) in [6.45, 7) is 3.64. The van der Waals surface area contributed by atoms with Crippen LogP contribution in [-0.2, 0) is 13.0 Å². The van der Waals surface area contributed by atoms with Crippen molar-refractivity contribution in [3.8, 4) is 0 Å². The van der Waals surface area contributed by atoms with E-state index in [0.29, 0.717) is 12.1 Å². The molecule has 0 bridgehead atoms. The van der Waals surface area contributed by atoms with Crippen molar-refractivity contribution in [2.75, 3.05) is 6.54 Å². The molecule has 0 radical (unpaired) electrons. The fourth-order valence-electron chi connectivity index (χ4n) is 2.28. The van der Waals surface area contributed by atoms with Crippen molar-refractivity contribution in [2.24, 2.45) is 5.73 Å². The molecule has 0 aliphatic rings. The van der Waals surface area contributed by atoms with Gasteiger partial charge in [0.1, 0.15) is 0 Å². The molecule has 1 heterocycles. The third-order valence-electron chi connectivity index (χ3n) is 3.09. The SMILES string of the molecule is CCCn1cc(CCN)c2cc(C(=O)O)ccc21. The highest BCUT2D eigenvalue weighted by Crippen LogP contribution is 2.23. The Kier molecular flexibility index (Phi) is 3.67. The van der Waals surface area contributed by atoms with Crippen molar-refractivity contribution in [1.82, 2.24) is 4.57 Å². The van der Waals surface area contributed by atoms with Gasteiger partial charge < -0.3 is 15.4 Å². The summed E-state index contributed by atoms with van der Waals surface area (Å²) in [5.74, 6) is -0.890. The van der Waals surface area contributed by atoms with Gasteiger partial charge in [0.25, 0.3) is 0 Å². The van der Waals surface area contributed by atoms with E-state index in [1.807, 2.05) is 6.07 Å². The van der Waals surface area contributed by atoms with Gasteiger partial charge in [0.05, 0.1) is 5.56 Å². The number of carbonyl (C=O) groups is 1. The van der Waals surface area contributed by atoms with Crippen LogP contribution in [0.1, 0.15) is 29.3 Å². The number of aromatic nitrogens is 1. The number of benzene rings is 1. The first-order valence-corrected chi connectivity index (χ1v) is 6.22. The first-order valence-electron chi connectivity index (χ1n) is 6.22. The second-order valence-corrected chi connectivity index (χ2v) is 4.42. The first kappa shape index (κ1) is 12.6. The summed E-state index contributed by atoms with van der Waals surface area (Å²) in [6, 6.07) is 5.28. The number of nitrogens with two attached hydrogens (primary N) is 1. The molecule has 0 saturated carbocycles. The van der Waals surface area contributed by atoms with Gasteiger partial charge in [0.15, 0.2) is 0 Å². The minimum absolute atomic E-state index is 0.329. The number of aromatic carboxylic acids is 1. The molecule has 0 spiro atoms. The summed E-state index contributed by atoms with van der Waals surface area (Å²) in [7, 11) is 0. The van der Waals surface area contributed by atoms with E-state index in [1.54, 1.807) is 12.1 Å². The van der Waals surface area contributed by atoms with E-state index in [9.17, 15) is 4.79 Å². The summed E-state index contributed by atoms with van der Waals surface area (Å²) < 4.78 is 2.17. The molecule has 3 N–H and O–H groups in total. The maximum absolute atomic E-state index is 11.0. The molecule has 0 aliphatic carbocycles. The molecule has 0 amide bonds. The monoisotopic (exact) mass is 246 g/mol. The molecule has 4 nitrogen and oxygen atoms in total. The number of hydrogen-bond donors (Lipinski definition) is 2. The van der Waals surface area contributed by atoms with Crippen LogP contribution in [0, 0.1) is 0 Å². The minimum Gasteiger partial charge on any atom is -0.478 e. The molecule has 0 aliphatic heterocycles. The van der Waals surface area contributed by atoms with E-state index in [0.717, 1.165) is 35.9 Å². The summed E-state index contributed by atoms with van der Waals surface area (Å²) in [5, 5.41) is 10.1. The van der Waals surface area contributed by atoms with Crippen LogP contribution in [0.5, 0.6) is 0 Å². The molecule has 0 fully saturated rings. The molecule has 2 aromatic rings. The standard InChI is InChI=1S/C14H18N2O2/c1-2-7-16-9-11(5-6-15)12-8-10(14(17)18)3-4-13(12)16/h3-4,8-9H,2,5-7,15H2,1H3,(H,17,18). The maximum Gasteiger partial charge on any atom is 0.335 e. The van der Waals surface area contributed by atoms with Gasteiger partial charge in [-0.2, -0.15) is 0 Å². The van der Waals surface area contributed by atoms with Crippen LogP contribution in [0.3, 0.4) is 0 Å². The normalized spacial score (nSPS) is 11.0. The second-order valence-electron chi connectivity index (χ2n) is 4.42. The molecule has 1 aromatic heterocycles. The number of carboxylic acid groups (broad SMARTS) is 1.